The minimum Gasteiger partial charge on any atom is -0.321 e. The van der Waals surface area contributed by atoms with E-state index in [0.717, 1.165) is 11.3 Å². The van der Waals surface area contributed by atoms with Crippen LogP contribution in [0.15, 0.2) is 35.0 Å². The molecule has 0 unspecified atom stereocenters. The fraction of sp³-hybridized carbons (Fsp3) is 0.0833. The van der Waals surface area contributed by atoms with Crippen molar-refractivity contribution in [1.29, 1.82) is 5.41 Å². The van der Waals surface area contributed by atoms with E-state index in [1.165, 1.54) is 12.1 Å². The minimum absolute atomic E-state index is 0.282. The summed E-state index contributed by atoms with van der Waals surface area (Å²) in [5.74, 6) is 0.101. The molecule has 1 N–H and O–H groups in total. The van der Waals surface area contributed by atoms with Crippen LogP contribution in [-0.4, -0.2) is 5.84 Å². The van der Waals surface area contributed by atoms with Gasteiger partial charge in [0.05, 0.1) is 12.2 Å². The smallest absolute Gasteiger partial charge is 0.133 e. The van der Waals surface area contributed by atoms with Gasteiger partial charge in [0, 0.05) is 10.9 Å². The lowest BCUT2D eigenvalue weighted by molar-refractivity contribution is 0.627. The molecule has 0 radical (unpaired) electrons. The fourth-order valence-electron chi connectivity index (χ4n) is 1.93. The SMILES string of the molecule is N=C1c2cc(F)ccc2CN1c1ccsc1. The van der Waals surface area contributed by atoms with Crippen LogP contribution in [0.2, 0.25) is 0 Å². The first-order valence-corrected chi connectivity index (χ1v) is 5.87. The molecule has 4 heteroatoms. The molecule has 0 amide bonds. The van der Waals surface area contributed by atoms with Gasteiger partial charge in [0.25, 0.3) is 0 Å². The van der Waals surface area contributed by atoms with E-state index in [-0.39, 0.29) is 5.82 Å². The number of halogens is 1. The number of amidine groups is 1. The van der Waals surface area contributed by atoms with Crippen molar-refractivity contribution in [2.75, 3.05) is 4.90 Å². The topological polar surface area (TPSA) is 27.1 Å². The molecule has 3 rings (SSSR count). The Morgan fingerprint density at radius 2 is 2.19 bits per heavy atom. The van der Waals surface area contributed by atoms with Crippen molar-refractivity contribution >= 4 is 22.9 Å². The number of hydrogen-bond acceptors (Lipinski definition) is 2. The number of hydrogen-bond donors (Lipinski definition) is 1. The van der Waals surface area contributed by atoms with Crippen LogP contribution in [0.4, 0.5) is 10.1 Å². The Kier molecular flexibility index (Phi) is 2.04. The van der Waals surface area contributed by atoms with Crippen molar-refractivity contribution in [3.8, 4) is 0 Å². The van der Waals surface area contributed by atoms with Crippen LogP contribution in [-0.2, 0) is 6.54 Å². The van der Waals surface area contributed by atoms with E-state index in [1.54, 1.807) is 17.4 Å². The van der Waals surface area contributed by atoms with Gasteiger partial charge in [0.2, 0.25) is 0 Å². The maximum absolute atomic E-state index is 13.1. The van der Waals surface area contributed by atoms with Crippen molar-refractivity contribution in [2.45, 2.75) is 6.54 Å². The summed E-state index contributed by atoms with van der Waals surface area (Å²) in [4.78, 5) is 1.89. The highest BCUT2D eigenvalue weighted by Gasteiger charge is 2.25. The monoisotopic (exact) mass is 232 g/mol. The predicted octanol–water partition coefficient (Wildman–Crippen LogP) is 3.23. The Hall–Kier alpha value is -1.68. The van der Waals surface area contributed by atoms with Gasteiger partial charge in [-0.1, -0.05) is 6.07 Å². The van der Waals surface area contributed by atoms with Crippen LogP contribution in [0.25, 0.3) is 0 Å². The largest absolute Gasteiger partial charge is 0.321 e. The quantitative estimate of drug-likeness (QED) is 0.803. The summed E-state index contributed by atoms with van der Waals surface area (Å²) in [6.07, 6.45) is 0. The maximum Gasteiger partial charge on any atom is 0.133 e. The van der Waals surface area contributed by atoms with Crippen LogP contribution < -0.4 is 4.90 Å². The second kappa shape index (κ2) is 3.42. The van der Waals surface area contributed by atoms with Crippen LogP contribution in [0.3, 0.4) is 0 Å². The van der Waals surface area contributed by atoms with E-state index in [9.17, 15) is 4.39 Å². The molecule has 0 aliphatic carbocycles. The normalized spacial score (nSPS) is 14.3. The Morgan fingerprint density at radius 1 is 1.31 bits per heavy atom. The van der Waals surface area contributed by atoms with Gasteiger partial charge >= 0.3 is 0 Å². The second-order valence-electron chi connectivity index (χ2n) is 3.72. The lowest BCUT2D eigenvalue weighted by Gasteiger charge is -2.15. The molecule has 2 nitrogen and oxygen atoms in total. The molecule has 0 bridgehead atoms. The van der Waals surface area contributed by atoms with E-state index in [2.05, 4.69) is 0 Å². The Bertz CT molecular complexity index is 548. The standard InChI is InChI=1S/C12H9FN2S/c13-9-2-1-8-6-15(10-3-4-16-7-10)12(14)11(8)5-9/h1-5,7,14H,6H2. The average Bonchev–Trinajstić information content (AvgIpc) is 2.87. The van der Waals surface area contributed by atoms with Crippen LogP contribution in [0.5, 0.6) is 0 Å². The predicted molar refractivity (Wildman–Crippen MR) is 63.7 cm³/mol. The number of nitrogens with one attached hydrogen (secondary N) is 1. The van der Waals surface area contributed by atoms with Gasteiger partial charge in [0.15, 0.2) is 0 Å². The van der Waals surface area contributed by atoms with Crippen molar-refractivity contribution < 1.29 is 4.39 Å². The van der Waals surface area contributed by atoms with Crippen molar-refractivity contribution in [3.63, 3.8) is 0 Å². The minimum atomic E-state index is -0.282. The van der Waals surface area contributed by atoms with E-state index in [4.69, 9.17) is 5.41 Å². The molecular weight excluding hydrogens is 223 g/mol. The molecule has 2 aromatic rings. The van der Waals surface area contributed by atoms with Crippen LogP contribution in [0.1, 0.15) is 11.1 Å². The molecule has 2 heterocycles. The number of rotatable bonds is 1. The first-order chi connectivity index (χ1) is 7.75. The number of nitrogens with zero attached hydrogens (tertiary/aromatic N) is 1. The van der Waals surface area contributed by atoms with Gasteiger partial charge in [-0.15, -0.1) is 0 Å². The van der Waals surface area contributed by atoms with Gasteiger partial charge < -0.3 is 4.90 Å². The Labute approximate surface area is 96.5 Å². The summed E-state index contributed by atoms with van der Waals surface area (Å²) in [7, 11) is 0. The van der Waals surface area contributed by atoms with Crippen LogP contribution >= 0.6 is 11.3 Å². The molecule has 80 valence electrons. The summed E-state index contributed by atoms with van der Waals surface area (Å²) in [6.45, 7) is 0.658. The van der Waals surface area contributed by atoms with Crippen molar-refractivity contribution in [3.05, 3.63) is 52.0 Å². The molecule has 1 aromatic carbocycles. The van der Waals surface area contributed by atoms with Crippen molar-refractivity contribution in [1.82, 2.24) is 0 Å². The molecule has 16 heavy (non-hydrogen) atoms. The van der Waals surface area contributed by atoms with Crippen molar-refractivity contribution in [2.24, 2.45) is 0 Å². The third kappa shape index (κ3) is 1.34. The van der Waals surface area contributed by atoms with Crippen LogP contribution in [0, 0.1) is 11.2 Å². The number of benzene rings is 1. The molecular formula is C12H9FN2S. The Morgan fingerprint density at radius 3 is 2.94 bits per heavy atom. The summed E-state index contributed by atoms with van der Waals surface area (Å²) in [6, 6.07) is 6.61. The van der Waals surface area contributed by atoms with E-state index in [1.807, 2.05) is 21.7 Å². The first-order valence-electron chi connectivity index (χ1n) is 4.93. The Balaban J connectivity index is 2.04. The summed E-state index contributed by atoms with van der Waals surface area (Å²) in [5, 5.41) is 12.0. The maximum atomic E-state index is 13.1. The molecule has 1 aromatic heterocycles. The lowest BCUT2D eigenvalue weighted by atomic mass is 10.1. The average molecular weight is 232 g/mol. The summed E-state index contributed by atoms with van der Waals surface area (Å²) in [5.41, 5.74) is 2.72. The number of fused-ring (bicyclic) bond motifs is 1. The molecule has 1 aliphatic heterocycles. The van der Waals surface area contributed by atoms with Gasteiger partial charge in [-0.25, -0.2) is 4.39 Å². The zero-order valence-corrected chi connectivity index (χ0v) is 9.22. The first kappa shape index (κ1) is 9.54. The molecule has 0 spiro atoms. The lowest BCUT2D eigenvalue weighted by Crippen LogP contribution is -2.22. The molecule has 0 atom stereocenters. The van der Waals surface area contributed by atoms with Gasteiger partial charge in [-0.05, 0) is 29.1 Å². The highest BCUT2D eigenvalue weighted by molar-refractivity contribution is 7.08. The zero-order valence-electron chi connectivity index (χ0n) is 8.40. The molecule has 0 fully saturated rings. The third-order valence-electron chi connectivity index (χ3n) is 2.74. The van der Waals surface area contributed by atoms with E-state index in [0.29, 0.717) is 17.9 Å². The van der Waals surface area contributed by atoms with Gasteiger partial charge in [-0.3, -0.25) is 5.41 Å². The van der Waals surface area contributed by atoms with Gasteiger partial charge in [0.1, 0.15) is 11.7 Å². The third-order valence-corrected chi connectivity index (χ3v) is 3.41. The summed E-state index contributed by atoms with van der Waals surface area (Å²) < 4.78 is 13.1. The van der Waals surface area contributed by atoms with Gasteiger partial charge in [-0.2, -0.15) is 11.3 Å². The summed E-state index contributed by atoms with van der Waals surface area (Å²) >= 11 is 1.60. The molecule has 0 saturated heterocycles. The molecule has 1 aliphatic rings. The second-order valence-corrected chi connectivity index (χ2v) is 4.50. The highest BCUT2D eigenvalue weighted by Crippen LogP contribution is 2.29. The van der Waals surface area contributed by atoms with E-state index < -0.39 is 0 Å². The molecule has 0 saturated carbocycles. The highest BCUT2D eigenvalue weighted by atomic mass is 32.1. The number of anilines is 1. The zero-order chi connectivity index (χ0) is 11.1. The van der Waals surface area contributed by atoms with E-state index >= 15 is 0 Å². The fourth-order valence-corrected chi connectivity index (χ4v) is 2.57. The number of thiophene rings is 1.